The molecule has 0 aromatic carbocycles. The van der Waals surface area contributed by atoms with Crippen molar-refractivity contribution in [2.75, 3.05) is 26.7 Å². The Labute approximate surface area is 79.6 Å². The molecule has 0 aromatic heterocycles. The molecule has 2 aliphatic rings. The van der Waals surface area contributed by atoms with E-state index in [1.54, 1.807) is 0 Å². The zero-order valence-corrected chi connectivity index (χ0v) is 8.42. The lowest BCUT2D eigenvalue weighted by Gasteiger charge is -2.30. The summed E-state index contributed by atoms with van der Waals surface area (Å²) < 4.78 is 0. The highest BCUT2D eigenvalue weighted by Gasteiger charge is 2.47. The Morgan fingerprint density at radius 3 is 3.15 bits per heavy atom. The van der Waals surface area contributed by atoms with Crippen LogP contribution >= 0.6 is 0 Å². The van der Waals surface area contributed by atoms with Crippen LogP contribution in [0.1, 0.15) is 13.3 Å². The summed E-state index contributed by atoms with van der Waals surface area (Å²) in [6.45, 7) is 5.17. The summed E-state index contributed by atoms with van der Waals surface area (Å²) in [5, 5.41) is 8.90. The fourth-order valence-electron chi connectivity index (χ4n) is 2.21. The van der Waals surface area contributed by atoms with Gasteiger partial charge in [-0.25, -0.2) is 0 Å². The van der Waals surface area contributed by atoms with Crippen LogP contribution in [0.25, 0.3) is 0 Å². The smallest absolute Gasteiger partial charge is 0.0689 e. The predicted octanol–water partition coefficient (Wildman–Crippen LogP) is -0.223. The van der Waals surface area contributed by atoms with Crippen molar-refractivity contribution in [2.24, 2.45) is 5.92 Å². The fourth-order valence-corrected chi connectivity index (χ4v) is 2.21. The second-order valence-corrected chi connectivity index (χ2v) is 3.78. The van der Waals surface area contributed by atoms with Gasteiger partial charge in [0.15, 0.2) is 0 Å². The molecule has 0 bridgehead atoms. The lowest BCUT2D eigenvalue weighted by Crippen LogP contribution is -2.49. The van der Waals surface area contributed by atoms with Crippen molar-refractivity contribution < 1.29 is 4.84 Å². The molecule has 0 saturated carbocycles. The minimum Gasteiger partial charge on any atom is -0.305 e. The van der Waals surface area contributed by atoms with Crippen LogP contribution in [0.15, 0.2) is 0 Å². The molecule has 0 aromatic rings. The van der Waals surface area contributed by atoms with E-state index in [4.69, 9.17) is 4.84 Å². The monoisotopic (exact) mass is 185 g/mol. The van der Waals surface area contributed by atoms with Gasteiger partial charge < -0.3 is 10.6 Å². The summed E-state index contributed by atoms with van der Waals surface area (Å²) in [5.41, 5.74) is 0. The molecular formula is C9H19N3O. The number of nitrogens with zero attached hydrogens (tertiary/aromatic N) is 1. The van der Waals surface area contributed by atoms with Gasteiger partial charge in [-0.3, -0.25) is 4.84 Å². The Morgan fingerprint density at radius 1 is 1.62 bits per heavy atom. The molecule has 0 radical (unpaired) electrons. The molecule has 4 atom stereocenters. The van der Waals surface area contributed by atoms with Gasteiger partial charge in [0.05, 0.1) is 18.8 Å². The van der Waals surface area contributed by atoms with Crippen LogP contribution in [0.2, 0.25) is 0 Å². The van der Waals surface area contributed by atoms with Gasteiger partial charge in [-0.2, -0.15) is 5.06 Å². The van der Waals surface area contributed by atoms with Crippen molar-refractivity contribution in [1.29, 1.82) is 0 Å². The van der Waals surface area contributed by atoms with E-state index in [1.165, 1.54) is 6.42 Å². The molecule has 2 heterocycles. The van der Waals surface area contributed by atoms with E-state index in [-0.39, 0.29) is 0 Å². The van der Waals surface area contributed by atoms with Gasteiger partial charge in [-0.15, -0.1) is 0 Å². The highest BCUT2D eigenvalue weighted by molar-refractivity contribution is 4.96. The highest BCUT2D eigenvalue weighted by Crippen LogP contribution is 2.34. The third-order valence-electron chi connectivity index (χ3n) is 2.97. The van der Waals surface area contributed by atoms with Gasteiger partial charge >= 0.3 is 0 Å². The molecule has 2 fully saturated rings. The van der Waals surface area contributed by atoms with Gasteiger partial charge in [-0.1, -0.05) is 6.92 Å². The van der Waals surface area contributed by atoms with Crippen LogP contribution in [0.3, 0.4) is 0 Å². The van der Waals surface area contributed by atoms with Crippen LogP contribution in [-0.2, 0) is 4.84 Å². The third kappa shape index (κ3) is 1.86. The number of rotatable bonds is 4. The Hall–Kier alpha value is -0.160. The molecule has 2 N–H and O–H groups in total. The van der Waals surface area contributed by atoms with E-state index in [1.807, 2.05) is 7.05 Å². The lowest BCUT2D eigenvalue weighted by molar-refractivity contribution is -0.115. The molecule has 0 aliphatic carbocycles. The minimum atomic E-state index is 0.448. The average Bonchev–Trinajstić information content (AvgIpc) is 2.92. The Balaban J connectivity index is 1.89. The average molecular weight is 185 g/mol. The third-order valence-corrected chi connectivity index (χ3v) is 2.97. The topological polar surface area (TPSA) is 36.3 Å². The summed E-state index contributed by atoms with van der Waals surface area (Å²) in [6.07, 6.45) is 1.61. The van der Waals surface area contributed by atoms with Crippen LogP contribution in [0, 0.1) is 5.92 Å². The normalized spacial score (nSPS) is 39.7. The van der Waals surface area contributed by atoms with Crippen molar-refractivity contribution in [2.45, 2.75) is 25.6 Å². The molecule has 2 saturated heterocycles. The summed E-state index contributed by atoms with van der Waals surface area (Å²) in [4.78, 5) is 5.43. The first-order valence-corrected chi connectivity index (χ1v) is 5.17. The maximum Gasteiger partial charge on any atom is 0.0689 e. The lowest BCUT2D eigenvalue weighted by atomic mass is 9.97. The minimum absolute atomic E-state index is 0.448. The van der Waals surface area contributed by atoms with Crippen LogP contribution < -0.4 is 10.6 Å². The number of hydroxylamine groups is 2. The maximum atomic E-state index is 5.43. The van der Waals surface area contributed by atoms with Gasteiger partial charge in [0.1, 0.15) is 0 Å². The molecule has 4 nitrogen and oxygen atoms in total. The molecular weight excluding hydrogens is 166 g/mol. The quantitative estimate of drug-likeness (QED) is 0.469. The van der Waals surface area contributed by atoms with E-state index in [9.17, 15) is 0 Å². The molecule has 4 unspecified atom stereocenters. The SMILES string of the molecule is CCNC(NC)C1CCON2CC12. The molecule has 0 spiro atoms. The molecule has 76 valence electrons. The summed E-state index contributed by atoms with van der Waals surface area (Å²) >= 11 is 0. The largest absolute Gasteiger partial charge is 0.305 e. The van der Waals surface area contributed by atoms with Crippen LogP contribution in [0.4, 0.5) is 0 Å². The highest BCUT2D eigenvalue weighted by atomic mass is 16.7. The van der Waals surface area contributed by atoms with Crippen LogP contribution in [0.5, 0.6) is 0 Å². The van der Waals surface area contributed by atoms with Crippen molar-refractivity contribution in [1.82, 2.24) is 15.7 Å². The first-order chi connectivity index (χ1) is 6.36. The van der Waals surface area contributed by atoms with E-state index in [0.29, 0.717) is 18.1 Å². The molecule has 2 aliphatic heterocycles. The van der Waals surface area contributed by atoms with Gasteiger partial charge in [-0.05, 0) is 20.0 Å². The Morgan fingerprint density at radius 2 is 2.46 bits per heavy atom. The van der Waals surface area contributed by atoms with E-state index in [0.717, 1.165) is 19.7 Å². The van der Waals surface area contributed by atoms with Crippen molar-refractivity contribution in [3.63, 3.8) is 0 Å². The molecule has 4 heteroatoms. The summed E-state index contributed by atoms with van der Waals surface area (Å²) in [7, 11) is 2.02. The van der Waals surface area contributed by atoms with Crippen molar-refractivity contribution in [3.05, 3.63) is 0 Å². The second-order valence-electron chi connectivity index (χ2n) is 3.78. The molecule has 13 heavy (non-hydrogen) atoms. The standard InChI is InChI=1S/C9H19N3O/c1-3-11-9(10-2)7-4-5-13-12-6-8(7)12/h7-11H,3-6H2,1-2H3. The zero-order valence-electron chi connectivity index (χ0n) is 8.42. The van der Waals surface area contributed by atoms with E-state index < -0.39 is 0 Å². The van der Waals surface area contributed by atoms with E-state index >= 15 is 0 Å². The zero-order chi connectivity index (χ0) is 9.26. The predicted molar refractivity (Wildman–Crippen MR) is 51.1 cm³/mol. The van der Waals surface area contributed by atoms with Gasteiger partial charge in [0.25, 0.3) is 0 Å². The summed E-state index contributed by atoms with van der Waals surface area (Å²) in [6, 6.07) is 0.658. The maximum absolute atomic E-state index is 5.43. The first-order valence-electron chi connectivity index (χ1n) is 5.17. The number of fused-ring (bicyclic) bond motifs is 1. The van der Waals surface area contributed by atoms with Gasteiger partial charge in [0.2, 0.25) is 0 Å². The first kappa shape index (κ1) is 9.40. The molecule has 0 amide bonds. The number of hydrogen-bond donors (Lipinski definition) is 2. The fraction of sp³-hybridized carbons (Fsp3) is 1.00. The Kier molecular flexibility index (Phi) is 2.83. The summed E-state index contributed by atoms with van der Waals surface area (Å²) in [5.74, 6) is 0.707. The van der Waals surface area contributed by atoms with E-state index in [2.05, 4.69) is 22.6 Å². The van der Waals surface area contributed by atoms with Crippen molar-refractivity contribution >= 4 is 0 Å². The van der Waals surface area contributed by atoms with Crippen molar-refractivity contribution in [3.8, 4) is 0 Å². The Bertz CT molecular complexity index is 176. The number of nitrogens with one attached hydrogen (secondary N) is 2. The number of hydrogen-bond acceptors (Lipinski definition) is 4. The second kappa shape index (κ2) is 3.92. The van der Waals surface area contributed by atoms with Crippen LogP contribution in [-0.4, -0.2) is 44.0 Å². The molecule has 2 rings (SSSR count). The van der Waals surface area contributed by atoms with Gasteiger partial charge in [0, 0.05) is 12.5 Å².